The molecule has 0 saturated carbocycles. The zero-order valence-electron chi connectivity index (χ0n) is 10.7. The molecule has 2 rings (SSSR count). The van der Waals surface area contributed by atoms with Crippen molar-refractivity contribution in [1.82, 2.24) is 9.97 Å². The number of aromatic nitrogens is 2. The average Bonchev–Trinajstić information content (AvgIpc) is 2.25. The van der Waals surface area contributed by atoms with Crippen molar-refractivity contribution >= 4 is 5.82 Å². The van der Waals surface area contributed by atoms with E-state index in [1.807, 2.05) is 6.92 Å². The van der Waals surface area contributed by atoms with Crippen LogP contribution in [0.1, 0.15) is 20.8 Å². The lowest BCUT2D eigenvalue weighted by atomic mass is 9.80. The standard InChI is InChI=1S/C12H20N4O/c1-4-17-11-6-14-5-10(15-11)16-7-12(13,8-16)9(2)3/h5-6,9H,4,7-8,13H2,1-3H3. The monoisotopic (exact) mass is 236 g/mol. The fourth-order valence-corrected chi connectivity index (χ4v) is 1.90. The molecular formula is C12H20N4O. The molecule has 0 aromatic carbocycles. The van der Waals surface area contributed by atoms with Gasteiger partial charge in [0.2, 0.25) is 5.88 Å². The molecule has 0 atom stereocenters. The van der Waals surface area contributed by atoms with Gasteiger partial charge >= 0.3 is 0 Å². The summed E-state index contributed by atoms with van der Waals surface area (Å²) in [6.07, 6.45) is 3.38. The third-order valence-corrected chi connectivity index (χ3v) is 3.34. The smallest absolute Gasteiger partial charge is 0.234 e. The number of anilines is 1. The van der Waals surface area contributed by atoms with Crippen LogP contribution in [0.4, 0.5) is 5.82 Å². The van der Waals surface area contributed by atoms with Gasteiger partial charge in [0.05, 0.1) is 24.5 Å². The lowest BCUT2D eigenvalue weighted by Gasteiger charge is -2.50. The predicted octanol–water partition coefficient (Wildman–Crippen LogP) is 1.05. The Balaban J connectivity index is 2.03. The molecule has 1 fully saturated rings. The fourth-order valence-electron chi connectivity index (χ4n) is 1.90. The number of ether oxygens (including phenoxy) is 1. The molecular weight excluding hydrogens is 216 g/mol. The molecule has 1 aromatic heterocycles. The van der Waals surface area contributed by atoms with Crippen LogP contribution < -0.4 is 15.4 Å². The zero-order valence-corrected chi connectivity index (χ0v) is 10.7. The van der Waals surface area contributed by atoms with Gasteiger partial charge in [0, 0.05) is 13.1 Å². The Morgan fingerprint density at radius 2 is 2.18 bits per heavy atom. The summed E-state index contributed by atoms with van der Waals surface area (Å²) in [7, 11) is 0. The van der Waals surface area contributed by atoms with Gasteiger partial charge in [-0.25, -0.2) is 0 Å². The predicted molar refractivity (Wildman–Crippen MR) is 67.2 cm³/mol. The van der Waals surface area contributed by atoms with Gasteiger partial charge in [-0.05, 0) is 12.8 Å². The highest BCUT2D eigenvalue weighted by Gasteiger charge is 2.42. The first-order chi connectivity index (χ1) is 8.05. The summed E-state index contributed by atoms with van der Waals surface area (Å²) >= 11 is 0. The molecule has 94 valence electrons. The number of hydrogen-bond acceptors (Lipinski definition) is 5. The second-order valence-corrected chi connectivity index (χ2v) is 4.89. The van der Waals surface area contributed by atoms with Crippen molar-refractivity contribution in [2.24, 2.45) is 11.7 Å². The topological polar surface area (TPSA) is 64.3 Å². The summed E-state index contributed by atoms with van der Waals surface area (Å²) in [4.78, 5) is 10.7. The zero-order chi connectivity index (χ0) is 12.5. The van der Waals surface area contributed by atoms with Crippen molar-refractivity contribution in [3.05, 3.63) is 12.4 Å². The first kappa shape index (κ1) is 12.1. The average molecular weight is 236 g/mol. The summed E-state index contributed by atoms with van der Waals surface area (Å²) in [5.74, 6) is 1.89. The van der Waals surface area contributed by atoms with E-state index < -0.39 is 0 Å². The largest absolute Gasteiger partial charge is 0.477 e. The molecule has 2 heterocycles. The molecule has 1 aliphatic rings. The number of nitrogens with two attached hydrogens (primary N) is 1. The van der Waals surface area contributed by atoms with E-state index in [9.17, 15) is 0 Å². The van der Waals surface area contributed by atoms with E-state index in [1.165, 1.54) is 0 Å². The molecule has 17 heavy (non-hydrogen) atoms. The van der Waals surface area contributed by atoms with Crippen molar-refractivity contribution in [2.45, 2.75) is 26.3 Å². The Morgan fingerprint density at radius 3 is 2.76 bits per heavy atom. The van der Waals surface area contributed by atoms with Crippen LogP contribution in [0.2, 0.25) is 0 Å². The van der Waals surface area contributed by atoms with Gasteiger partial charge in [0.1, 0.15) is 0 Å². The summed E-state index contributed by atoms with van der Waals surface area (Å²) in [6.45, 7) is 8.50. The van der Waals surface area contributed by atoms with Crippen LogP contribution in [-0.2, 0) is 0 Å². The maximum absolute atomic E-state index is 6.25. The highest BCUT2D eigenvalue weighted by atomic mass is 16.5. The summed E-state index contributed by atoms with van der Waals surface area (Å²) in [5, 5.41) is 0. The van der Waals surface area contributed by atoms with E-state index in [2.05, 4.69) is 28.7 Å². The number of hydrogen-bond donors (Lipinski definition) is 1. The van der Waals surface area contributed by atoms with Gasteiger partial charge in [0.15, 0.2) is 5.82 Å². The Bertz CT molecular complexity index is 388. The third-order valence-electron chi connectivity index (χ3n) is 3.34. The summed E-state index contributed by atoms with van der Waals surface area (Å²) in [5.41, 5.74) is 6.16. The van der Waals surface area contributed by atoms with E-state index in [0.717, 1.165) is 18.9 Å². The highest BCUT2D eigenvalue weighted by molar-refractivity contribution is 5.44. The Hall–Kier alpha value is -1.36. The Labute approximate surface area is 102 Å². The third kappa shape index (κ3) is 2.34. The van der Waals surface area contributed by atoms with Crippen LogP contribution in [0.3, 0.4) is 0 Å². The molecule has 1 saturated heterocycles. The number of rotatable bonds is 4. The molecule has 0 spiro atoms. The molecule has 2 N–H and O–H groups in total. The molecule has 0 amide bonds. The van der Waals surface area contributed by atoms with Crippen molar-refractivity contribution in [2.75, 3.05) is 24.6 Å². The lowest BCUT2D eigenvalue weighted by Crippen LogP contribution is -2.70. The van der Waals surface area contributed by atoms with E-state index in [4.69, 9.17) is 10.5 Å². The molecule has 1 aromatic rings. The molecule has 1 aliphatic heterocycles. The van der Waals surface area contributed by atoms with E-state index in [1.54, 1.807) is 12.4 Å². The van der Waals surface area contributed by atoms with Crippen LogP contribution in [-0.4, -0.2) is 35.2 Å². The second-order valence-electron chi connectivity index (χ2n) is 4.89. The SMILES string of the molecule is CCOc1cncc(N2CC(N)(C(C)C)C2)n1. The van der Waals surface area contributed by atoms with Gasteiger partial charge in [0.25, 0.3) is 0 Å². The summed E-state index contributed by atoms with van der Waals surface area (Å²) in [6, 6.07) is 0. The van der Waals surface area contributed by atoms with Gasteiger partial charge in [-0.1, -0.05) is 13.8 Å². The highest BCUT2D eigenvalue weighted by Crippen LogP contribution is 2.30. The van der Waals surface area contributed by atoms with Gasteiger partial charge in [-0.15, -0.1) is 0 Å². The first-order valence-corrected chi connectivity index (χ1v) is 6.04. The normalized spacial score (nSPS) is 18.1. The van der Waals surface area contributed by atoms with Crippen LogP contribution >= 0.6 is 0 Å². The fraction of sp³-hybridized carbons (Fsp3) is 0.667. The maximum atomic E-state index is 6.25. The maximum Gasteiger partial charge on any atom is 0.234 e. The lowest BCUT2D eigenvalue weighted by molar-refractivity contribution is 0.242. The second kappa shape index (κ2) is 4.49. The Morgan fingerprint density at radius 1 is 1.47 bits per heavy atom. The molecule has 5 nitrogen and oxygen atoms in total. The van der Waals surface area contributed by atoms with E-state index in [-0.39, 0.29) is 5.54 Å². The van der Waals surface area contributed by atoms with Crippen LogP contribution in [0.25, 0.3) is 0 Å². The Kier molecular flexibility index (Phi) is 3.19. The minimum Gasteiger partial charge on any atom is -0.477 e. The van der Waals surface area contributed by atoms with Crippen LogP contribution in [0, 0.1) is 5.92 Å². The molecule has 0 bridgehead atoms. The van der Waals surface area contributed by atoms with Crippen molar-refractivity contribution in [3.8, 4) is 5.88 Å². The van der Waals surface area contributed by atoms with Gasteiger partial charge in [-0.2, -0.15) is 4.98 Å². The molecule has 0 unspecified atom stereocenters. The van der Waals surface area contributed by atoms with E-state index in [0.29, 0.717) is 18.4 Å². The quantitative estimate of drug-likeness (QED) is 0.846. The van der Waals surface area contributed by atoms with Crippen LogP contribution in [0.15, 0.2) is 12.4 Å². The summed E-state index contributed by atoms with van der Waals surface area (Å²) < 4.78 is 5.33. The van der Waals surface area contributed by atoms with Gasteiger partial charge in [-0.3, -0.25) is 4.98 Å². The minimum atomic E-state index is -0.0940. The van der Waals surface area contributed by atoms with Crippen molar-refractivity contribution in [3.63, 3.8) is 0 Å². The minimum absolute atomic E-state index is 0.0940. The first-order valence-electron chi connectivity index (χ1n) is 6.04. The van der Waals surface area contributed by atoms with Crippen molar-refractivity contribution in [1.29, 1.82) is 0 Å². The van der Waals surface area contributed by atoms with Gasteiger partial charge < -0.3 is 15.4 Å². The number of nitrogens with zero attached hydrogens (tertiary/aromatic N) is 3. The van der Waals surface area contributed by atoms with Crippen LogP contribution in [0.5, 0.6) is 5.88 Å². The molecule has 0 aliphatic carbocycles. The van der Waals surface area contributed by atoms with E-state index >= 15 is 0 Å². The molecule has 5 heteroatoms. The van der Waals surface area contributed by atoms with Crippen molar-refractivity contribution < 1.29 is 4.74 Å². The molecule has 0 radical (unpaired) electrons.